The number of hydrogen-bond donors (Lipinski definition) is 2. The van der Waals surface area contributed by atoms with Gasteiger partial charge in [0.1, 0.15) is 0 Å². The highest BCUT2D eigenvalue weighted by molar-refractivity contribution is 7.29. The highest BCUT2D eigenvalue weighted by Gasteiger charge is 2.22. The number of halogens is 1. The molecule has 1 fully saturated rings. The van der Waals surface area contributed by atoms with Crippen LogP contribution in [-0.4, -0.2) is 56.3 Å². The monoisotopic (exact) mass is 434 g/mol. The van der Waals surface area contributed by atoms with Crippen LogP contribution in [-0.2, 0) is 0 Å². The van der Waals surface area contributed by atoms with Gasteiger partial charge in [-0.05, 0) is 25.9 Å². The number of rotatable bonds is 4. The van der Waals surface area contributed by atoms with Crippen LogP contribution in [0.3, 0.4) is 0 Å². The molecule has 1 aliphatic rings. The van der Waals surface area contributed by atoms with Crippen molar-refractivity contribution < 1.29 is 0 Å². The smallest absolute Gasteiger partial charge is 0.188 e. The second-order valence-electron chi connectivity index (χ2n) is 6.50. The van der Waals surface area contributed by atoms with Crippen molar-refractivity contribution >= 4 is 49.9 Å². The summed E-state index contributed by atoms with van der Waals surface area (Å²) in [4.78, 5) is 22.7. The van der Waals surface area contributed by atoms with Gasteiger partial charge in [-0.3, -0.25) is 5.10 Å². The molecule has 0 spiro atoms. The van der Waals surface area contributed by atoms with Crippen LogP contribution in [0.1, 0.15) is 12.8 Å². The Morgan fingerprint density at radius 1 is 1.00 bits per heavy atom. The van der Waals surface area contributed by atoms with E-state index < -0.39 is 0 Å². The molecule has 8 nitrogen and oxygen atoms in total. The topological polar surface area (TPSA) is 95.5 Å². The van der Waals surface area contributed by atoms with Gasteiger partial charge in [-0.15, -0.1) is 12.4 Å². The fourth-order valence-electron chi connectivity index (χ4n) is 3.22. The number of piperidine rings is 1. The minimum Gasteiger partial charge on any atom is -0.348 e. The maximum atomic E-state index is 4.80. The highest BCUT2D eigenvalue weighted by atomic mass is 35.5. The lowest BCUT2D eigenvalue weighted by atomic mass is 10.1. The van der Waals surface area contributed by atoms with E-state index in [1.807, 2.05) is 6.20 Å². The first-order valence-corrected chi connectivity index (χ1v) is 10.4. The van der Waals surface area contributed by atoms with Gasteiger partial charge in [-0.1, -0.05) is 22.7 Å². The van der Waals surface area contributed by atoms with Crippen LogP contribution in [0.25, 0.3) is 31.6 Å². The number of fused-ring (bicyclic) bond motifs is 1. The van der Waals surface area contributed by atoms with Crippen LogP contribution in [0.5, 0.6) is 0 Å². The van der Waals surface area contributed by atoms with Gasteiger partial charge in [-0.25, -0.2) is 19.9 Å². The molecular weight excluding hydrogens is 416 g/mol. The van der Waals surface area contributed by atoms with Crippen LogP contribution in [0.15, 0.2) is 24.8 Å². The third-order valence-electron chi connectivity index (χ3n) is 4.80. The van der Waals surface area contributed by atoms with Crippen molar-refractivity contribution in [2.75, 3.05) is 25.0 Å². The molecule has 146 valence electrons. The lowest BCUT2D eigenvalue weighted by molar-refractivity contribution is 0.443. The molecule has 4 aromatic heterocycles. The molecule has 1 aliphatic heterocycles. The predicted octanol–water partition coefficient (Wildman–Crippen LogP) is 3.21. The molecule has 0 atom stereocenters. The zero-order valence-corrected chi connectivity index (χ0v) is 17.6. The van der Waals surface area contributed by atoms with Gasteiger partial charge in [0.25, 0.3) is 0 Å². The minimum absolute atomic E-state index is 0. The minimum atomic E-state index is 0. The van der Waals surface area contributed by atoms with Crippen molar-refractivity contribution in [2.24, 2.45) is 0 Å². The van der Waals surface area contributed by atoms with Gasteiger partial charge in [-0.2, -0.15) is 5.10 Å². The highest BCUT2D eigenvalue weighted by Crippen LogP contribution is 2.36. The van der Waals surface area contributed by atoms with Gasteiger partial charge >= 0.3 is 0 Å². The van der Waals surface area contributed by atoms with E-state index in [4.69, 9.17) is 9.97 Å². The fraction of sp³-hybridized carbons (Fsp3) is 0.353. The number of aromatic amines is 1. The number of nitrogens with zero attached hydrogens (tertiary/aromatic N) is 6. The van der Waals surface area contributed by atoms with Gasteiger partial charge in [0.15, 0.2) is 25.6 Å². The first-order valence-electron chi connectivity index (χ1n) is 8.80. The summed E-state index contributed by atoms with van der Waals surface area (Å²) in [5, 5.41) is 12.0. The molecule has 0 radical (unpaired) electrons. The van der Waals surface area contributed by atoms with E-state index in [-0.39, 0.29) is 12.4 Å². The maximum absolute atomic E-state index is 4.80. The molecule has 4 aromatic rings. The lowest BCUT2D eigenvalue weighted by Gasteiger charge is -2.31. The first-order chi connectivity index (χ1) is 13.3. The number of thiazole rings is 2. The number of aromatic nitrogens is 6. The molecule has 0 bridgehead atoms. The Kier molecular flexibility index (Phi) is 5.54. The van der Waals surface area contributed by atoms with Crippen molar-refractivity contribution in [2.45, 2.75) is 18.9 Å². The fourth-order valence-corrected chi connectivity index (χ4v) is 5.24. The third kappa shape index (κ3) is 3.60. The quantitative estimate of drug-likeness (QED) is 0.509. The summed E-state index contributed by atoms with van der Waals surface area (Å²) in [5.41, 5.74) is 1.89. The molecule has 28 heavy (non-hydrogen) atoms. The molecule has 1 saturated heterocycles. The summed E-state index contributed by atoms with van der Waals surface area (Å²) in [6, 6.07) is 0.546. The lowest BCUT2D eigenvalue weighted by Crippen LogP contribution is -2.41. The Hall–Kier alpha value is -2.14. The van der Waals surface area contributed by atoms with Crippen LogP contribution in [0.4, 0.5) is 5.13 Å². The molecule has 0 saturated carbocycles. The molecular formula is C17H19ClN8S2. The predicted molar refractivity (Wildman–Crippen MR) is 115 cm³/mol. The molecule has 0 aromatic carbocycles. The third-order valence-corrected chi connectivity index (χ3v) is 6.91. The molecule has 2 N–H and O–H groups in total. The number of nitrogens with one attached hydrogen (secondary N) is 2. The zero-order valence-electron chi connectivity index (χ0n) is 15.1. The summed E-state index contributed by atoms with van der Waals surface area (Å²) in [5.74, 6) is 0.630. The molecule has 0 aliphatic carbocycles. The Bertz CT molecular complexity index is 1010. The summed E-state index contributed by atoms with van der Waals surface area (Å²) < 4.78 is 0. The van der Waals surface area contributed by atoms with E-state index in [1.54, 1.807) is 41.3 Å². The van der Waals surface area contributed by atoms with Crippen LogP contribution >= 0.6 is 35.1 Å². The number of anilines is 1. The van der Waals surface area contributed by atoms with Crippen LogP contribution < -0.4 is 10.2 Å². The second kappa shape index (κ2) is 8.08. The Morgan fingerprint density at radius 2 is 1.75 bits per heavy atom. The van der Waals surface area contributed by atoms with E-state index in [9.17, 15) is 0 Å². The SMILES string of the molecule is CN(c1nc2sc(-c3ncc(-c4cn[nH]c4)cn3)nc2s1)C1CCNCC1.Cl. The maximum Gasteiger partial charge on any atom is 0.188 e. The Balaban J connectivity index is 0.00000192. The molecule has 5 rings (SSSR count). The van der Waals surface area contributed by atoms with Gasteiger partial charge in [0, 0.05) is 42.8 Å². The average molecular weight is 435 g/mol. The van der Waals surface area contributed by atoms with Crippen molar-refractivity contribution in [1.29, 1.82) is 0 Å². The van der Waals surface area contributed by atoms with Gasteiger partial charge < -0.3 is 10.2 Å². The van der Waals surface area contributed by atoms with Crippen molar-refractivity contribution in [3.63, 3.8) is 0 Å². The van der Waals surface area contributed by atoms with Crippen LogP contribution in [0, 0.1) is 0 Å². The summed E-state index contributed by atoms with van der Waals surface area (Å²) in [6.45, 7) is 2.15. The van der Waals surface area contributed by atoms with Gasteiger partial charge in [0.2, 0.25) is 0 Å². The van der Waals surface area contributed by atoms with E-state index in [0.717, 1.165) is 56.9 Å². The normalized spacial score (nSPS) is 14.9. The second-order valence-corrected chi connectivity index (χ2v) is 8.43. The van der Waals surface area contributed by atoms with E-state index in [1.165, 1.54) is 0 Å². The largest absolute Gasteiger partial charge is 0.348 e. The van der Waals surface area contributed by atoms with Crippen molar-refractivity contribution in [3.8, 4) is 22.0 Å². The molecule has 5 heterocycles. The first kappa shape index (κ1) is 19.2. The van der Waals surface area contributed by atoms with E-state index >= 15 is 0 Å². The van der Waals surface area contributed by atoms with Gasteiger partial charge in [0.05, 0.1) is 6.20 Å². The standard InChI is InChI=1S/C17H18N8S2.ClH/c1-25(12-2-4-18-5-3-12)17-24-16-15(27-17)23-14(26-16)13-19-6-10(7-20-13)11-8-21-22-9-11;/h6-9,12,18H,2-5H2,1H3,(H,21,22);1H. The Morgan fingerprint density at radius 3 is 2.43 bits per heavy atom. The van der Waals surface area contributed by atoms with Crippen LogP contribution in [0.2, 0.25) is 0 Å². The number of H-pyrrole nitrogens is 1. The summed E-state index contributed by atoms with van der Waals surface area (Å²) >= 11 is 3.19. The zero-order chi connectivity index (χ0) is 18.2. The molecule has 0 unspecified atom stereocenters. The van der Waals surface area contributed by atoms with Crippen molar-refractivity contribution in [1.82, 2.24) is 35.5 Å². The summed E-state index contributed by atoms with van der Waals surface area (Å²) in [7, 11) is 2.14. The summed E-state index contributed by atoms with van der Waals surface area (Å²) in [6.07, 6.45) is 9.47. The van der Waals surface area contributed by atoms with E-state index in [0.29, 0.717) is 11.9 Å². The van der Waals surface area contributed by atoms with E-state index in [2.05, 4.69) is 37.4 Å². The Labute approximate surface area is 175 Å². The molecule has 11 heteroatoms. The van der Waals surface area contributed by atoms with Crippen molar-refractivity contribution in [3.05, 3.63) is 24.8 Å². The average Bonchev–Trinajstić information content (AvgIpc) is 3.44. The molecule has 0 amide bonds. The number of hydrogen-bond acceptors (Lipinski definition) is 9.